The smallest absolute Gasteiger partial charge is 0.241 e. The van der Waals surface area contributed by atoms with Crippen LogP contribution in [0.1, 0.15) is 0 Å². The standard InChI is InChI=1S/C5H10N2OS2/c9-5(10)8-7-3-1-6-2-4-7/h6H,1-4H2,(H,9,10). The first kappa shape index (κ1) is 8.26. The monoisotopic (exact) mass is 178 g/mol. The van der Waals surface area contributed by atoms with Gasteiger partial charge in [-0.2, -0.15) is 0 Å². The highest BCUT2D eigenvalue weighted by atomic mass is 32.1. The Balaban J connectivity index is 2.19. The maximum atomic E-state index is 5.08. The predicted molar refractivity (Wildman–Crippen MR) is 47.1 cm³/mol. The zero-order valence-corrected chi connectivity index (χ0v) is 7.25. The molecule has 1 N–H and O–H groups in total. The molecule has 0 bridgehead atoms. The van der Waals surface area contributed by atoms with Gasteiger partial charge < -0.3 is 10.2 Å². The van der Waals surface area contributed by atoms with Crippen molar-refractivity contribution in [2.45, 2.75) is 0 Å². The van der Waals surface area contributed by atoms with Crippen molar-refractivity contribution in [3.05, 3.63) is 0 Å². The Morgan fingerprint density at radius 2 is 2.10 bits per heavy atom. The van der Waals surface area contributed by atoms with Gasteiger partial charge in [0.05, 0.1) is 0 Å². The lowest BCUT2D eigenvalue weighted by molar-refractivity contribution is -0.0732. The molecule has 58 valence electrons. The van der Waals surface area contributed by atoms with Gasteiger partial charge in [0.2, 0.25) is 4.38 Å². The maximum absolute atomic E-state index is 5.08. The molecule has 0 spiro atoms. The molecule has 10 heavy (non-hydrogen) atoms. The lowest BCUT2D eigenvalue weighted by atomic mass is 10.4. The minimum atomic E-state index is 0.293. The largest absolute Gasteiger partial charge is 0.387 e. The van der Waals surface area contributed by atoms with Crippen LogP contribution in [0.15, 0.2) is 0 Å². The number of nitrogens with one attached hydrogen (secondary N) is 1. The Morgan fingerprint density at radius 3 is 2.60 bits per heavy atom. The third-order valence-corrected chi connectivity index (χ3v) is 1.44. The number of hydrogen-bond donors (Lipinski definition) is 2. The third kappa shape index (κ3) is 2.83. The molecule has 1 rings (SSSR count). The van der Waals surface area contributed by atoms with Gasteiger partial charge in [-0.3, -0.25) is 0 Å². The van der Waals surface area contributed by atoms with Crippen LogP contribution in [0, 0.1) is 0 Å². The van der Waals surface area contributed by atoms with E-state index in [9.17, 15) is 0 Å². The van der Waals surface area contributed by atoms with Gasteiger partial charge in [-0.25, -0.2) is 0 Å². The molecule has 0 atom stereocenters. The molecule has 0 amide bonds. The fraction of sp³-hybridized carbons (Fsp3) is 0.800. The fourth-order valence-corrected chi connectivity index (χ4v) is 1.07. The van der Waals surface area contributed by atoms with Crippen molar-refractivity contribution in [2.75, 3.05) is 26.2 Å². The van der Waals surface area contributed by atoms with Crippen LogP contribution in [-0.4, -0.2) is 35.6 Å². The van der Waals surface area contributed by atoms with Crippen molar-refractivity contribution in [3.63, 3.8) is 0 Å². The SMILES string of the molecule is S=C(S)ON1CCNCC1. The van der Waals surface area contributed by atoms with Crippen molar-refractivity contribution in [1.82, 2.24) is 10.4 Å². The Hall–Kier alpha value is 0.160. The molecule has 1 aliphatic heterocycles. The van der Waals surface area contributed by atoms with E-state index in [1.54, 1.807) is 0 Å². The molecule has 1 aliphatic rings. The van der Waals surface area contributed by atoms with E-state index in [0.29, 0.717) is 4.38 Å². The molecule has 3 nitrogen and oxygen atoms in total. The molecule has 5 heteroatoms. The number of thiocarbonyl (C=S) groups is 1. The molecule has 0 aromatic rings. The van der Waals surface area contributed by atoms with Crippen molar-refractivity contribution in [3.8, 4) is 0 Å². The average molecular weight is 178 g/mol. The number of thiol groups is 1. The van der Waals surface area contributed by atoms with Crippen LogP contribution in [0.4, 0.5) is 0 Å². The maximum Gasteiger partial charge on any atom is 0.241 e. The normalized spacial score (nSPS) is 20.5. The van der Waals surface area contributed by atoms with E-state index in [-0.39, 0.29) is 0 Å². The third-order valence-electron chi connectivity index (χ3n) is 1.28. The van der Waals surface area contributed by atoms with E-state index in [2.05, 4.69) is 30.2 Å². The zero-order chi connectivity index (χ0) is 7.40. The minimum Gasteiger partial charge on any atom is -0.387 e. The summed E-state index contributed by atoms with van der Waals surface area (Å²) in [5.74, 6) is 0. The van der Waals surface area contributed by atoms with Crippen molar-refractivity contribution in [2.24, 2.45) is 0 Å². The first-order chi connectivity index (χ1) is 4.79. The number of hydrogen-bond acceptors (Lipinski definition) is 4. The lowest BCUT2D eigenvalue weighted by Gasteiger charge is -2.25. The molecule has 0 aliphatic carbocycles. The molecule has 0 unspecified atom stereocenters. The highest BCUT2D eigenvalue weighted by Gasteiger charge is 2.10. The van der Waals surface area contributed by atoms with Crippen LogP contribution in [-0.2, 0) is 4.84 Å². The number of rotatable bonds is 1. The summed E-state index contributed by atoms with van der Waals surface area (Å²) in [7, 11) is 0. The summed E-state index contributed by atoms with van der Waals surface area (Å²) in [4.78, 5) is 5.08. The molecular formula is C5H10N2OS2. The second kappa shape index (κ2) is 4.12. The molecular weight excluding hydrogens is 168 g/mol. The summed E-state index contributed by atoms with van der Waals surface area (Å²) < 4.78 is 0.293. The van der Waals surface area contributed by atoms with E-state index in [0.717, 1.165) is 26.2 Å². The summed E-state index contributed by atoms with van der Waals surface area (Å²) in [5, 5.41) is 5.01. The average Bonchev–Trinajstić information content (AvgIpc) is 1.88. The molecule has 0 radical (unpaired) electrons. The molecule has 1 heterocycles. The Morgan fingerprint density at radius 1 is 1.50 bits per heavy atom. The summed E-state index contributed by atoms with van der Waals surface area (Å²) >= 11 is 8.51. The van der Waals surface area contributed by atoms with Gasteiger partial charge >= 0.3 is 0 Å². The van der Waals surface area contributed by atoms with Gasteiger partial charge in [-0.1, -0.05) is 12.6 Å². The van der Waals surface area contributed by atoms with E-state index >= 15 is 0 Å². The topological polar surface area (TPSA) is 24.5 Å². The lowest BCUT2D eigenvalue weighted by Crippen LogP contribution is -2.43. The zero-order valence-electron chi connectivity index (χ0n) is 5.54. The molecule has 1 fully saturated rings. The van der Waals surface area contributed by atoms with Gasteiger partial charge in [0, 0.05) is 26.2 Å². The van der Waals surface area contributed by atoms with Crippen LogP contribution >= 0.6 is 24.8 Å². The summed E-state index contributed by atoms with van der Waals surface area (Å²) in [5.41, 5.74) is 0. The fourth-order valence-electron chi connectivity index (χ4n) is 0.846. The Labute approximate surface area is 71.1 Å². The van der Waals surface area contributed by atoms with Crippen LogP contribution in [0.3, 0.4) is 0 Å². The van der Waals surface area contributed by atoms with Crippen molar-refractivity contribution >= 4 is 29.2 Å². The van der Waals surface area contributed by atoms with Crippen LogP contribution in [0.5, 0.6) is 0 Å². The first-order valence-corrected chi connectivity index (χ1v) is 4.01. The number of piperazine rings is 1. The van der Waals surface area contributed by atoms with Gasteiger partial charge in [-0.15, -0.1) is 5.06 Å². The van der Waals surface area contributed by atoms with Gasteiger partial charge in [0.1, 0.15) is 0 Å². The van der Waals surface area contributed by atoms with Crippen LogP contribution < -0.4 is 5.32 Å². The highest BCUT2D eigenvalue weighted by molar-refractivity contribution is 8.10. The summed E-state index contributed by atoms with van der Waals surface area (Å²) in [6, 6.07) is 0. The van der Waals surface area contributed by atoms with Crippen molar-refractivity contribution < 1.29 is 4.84 Å². The van der Waals surface area contributed by atoms with Crippen molar-refractivity contribution in [1.29, 1.82) is 0 Å². The van der Waals surface area contributed by atoms with Crippen LogP contribution in [0.25, 0.3) is 0 Å². The summed E-state index contributed by atoms with van der Waals surface area (Å²) in [6.07, 6.45) is 0. The molecule has 0 aromatic carbocycles. The highest BCUT2D eigenvalue weighted by Crippen LogP contribution is 1.96. The Kier molecular flexibility index (Phi) is 3.41. The quantitative estimate of drug-likeness (QED) is 0.437. The van der Waals surface area contributed by atoms with E-state index in [1.807, 2.05) is 5.06 Å². The van der Waals surface area contributed by atoms with E-state index < -0.39 is 0 Å². The second-order valence-corrected chi connectivity index (χ2v) is 3.12. The van der Waals surface area contributed by atoms with Gasteiger partial charge in [0.15, 0.2) is 0 Å². The first-order valence-electron chi connectivity index (χ1n) is 3.15. The van der Waals surface area contributed by atoms with Gasteiger partial charge in [-0.05, 0) is 12.2 Å². The van der Waals surface area contributed by atoms with Gasteiger partial charge in [0.25, 0.3) is 0 Å². The summed E-state index contributed by atoms with van der Waals surface area (Å²) in [6.45, 7) is 3.66. The molecule has 0 aromatic heterocycles. The van der Waals surface area contributed by atoms with E-state index in [1.165, 1.54) is 0 Å². The molecule has 0 saturated carbocycles. The second-order valence-electron chi connectivity index (χ2n) is 2.04. The van der Waals surface area contributed by atoms with Crippen LogP contribution in [0.2, 0.25) is 0 Å². The number of nitrogens with zero attached hydrogens (tertiary/aromatic N) is 1. The minimum absolute atomic E-state index is 0.293. The number of hydroxylamine groups is 2. The Bertz CT molecular complexity index is 125. The predicted octanol–water partition coefficient (Wildman–Crippen LogP) is 0.0379. The van der Waals surface area contributed by atoms with E-state index in [4.69, 9.17) is 4.84 Å². The molecule has 1 saturated heterocycles.